The summed E-state index contributed by atoms with van der Waals surface area (Å²) in [7, 11) is 0. The number of rotatable bonds is 10. The fourth-order valence-corrected chi connectivity index (χ4v) is 5.12. The number of urea groups is 1. The lowest BCUT2D eigenvalue weighted by Crippen LogP contribution is -2.38. The minimum Gasteiger partial charge on any atom is -0.370 e. The van der Waals surface area contributed by atoms with E-state index in [-0.39, 0.29) is 24.9 Å². The van der Waals surface area contributed by atoms with Gasteiger partial charge < -0.3 is 10.6 Å². The number of benzene rings is 3. The van der Waals surface area contributed by atoms with E-state index in [1.165, 1.54) is 11.3 Å². The standard InChI is InChI=1S/C28H27ClN4O2S/c29-26-25(22-14-8-3-9-15-22)31-27(36-26)32-28(35)33(19-17-24(30)34)18-16-23(20-10-4-1-5-11-20)21-12-6-2-7-13-21/h1-15,23H,16-19H2,(H2,30,34)(H,31,32,35). The smallest absolute Gasteiger partial charge is 0.323 e. The van der Waals surface area contributed by atoms with E-state index in [2.05, 4.69) is 34.6 Å². The molecule has 0 aliphatic heterocycles. The molecule has 4 rings (SSSR count). The van der Waals surface area contributed by atoms with Crippen molar-refractivity contribution in [2.75, 3.05) is 18.4 Å². The summed E-state index contributed by atoms with van der Waals surface area (Å²) in [6.07, 6.45) is 0.747. The Morgan fingerprint density at radius 3 is 2.00 bits per heavy atom. The van der Waals surface area contributed by atoms with E-state index in [1.54, 1.807) is 4.90 Å². The van der Waals surface area contributed by atoms with Crippen molar-refractivity contribution in [1.29, 1.82) is 0 Å². The van der Waals surface area contributed by atoms with Crippen molar-refractivity contribution >= 4 is 40.0 Å². The van der Waals surface area contributed by atoms with Crippen molar-refractivity contribution in [3.63, 3.8) is 0 Å². The topological polar surface area (TPSA) is 88.3 Å². The van der Waals surface area contributed by atoms with Gasteiger partial charge in [0.25, 0.3) is 0 Å². The Balaban J connectivity index is 1.51. The van der Waals surface area contributed by atoms with E-state index in [1.807, 2.05) is 66.7 Å². The summed E-state index contributed by atoms with van der Waals surface area (Å²) in [4.78, 5) is 30.9. The van der Waals surface area contributed by atoms with E-state index >= 15 is 0 Å². The summed E-state index contributed by atoms with van der Waals surface area (Å²) >= 11 is 7.62. The molecule has 0 fully saturated rings. The molecule has 8 heteroatoms. The summed E-state index contributed by atoms with van der Waals surface area (Å²) in [5.41, 5.74) is 9.22. The van der Waals surface area contributed by atoms with Gasteiger partial charge in [-0.25, -0.2) is 9.78 Å². The zero-order valence-corrected chi connectivity index (χ0v) is 21.2. The number of anilines is 1. The SMILES string of the molecule is NC(=O)CCN(CCC(c1ccccc1)c1ccccc1)C(=O)Nc1nc(-c2ccccc2)c(Cl)s1. The van der Waals surface area contributed by atoms with Gasteiger partial charge in [0, 0.05) is 31.0 Å². The molecule has 184 valence electrons. The number of primary amides is 1. The minimum atomic E-state index is -0.459. The summed E-state index contributed by atoms with van der Waals surface area (Å²) in [6, 6.07) is 29.6. The summed E-state index contributed by atoms with van der Waals surface area (Å²) in [5.74, 6) is -0.366. The third-order valence-electron chi connectivity index (χ3n) is 5.85. The highest BCUT2D eigenvalue weighted by atomic mass is 35.5. The molecule has 3 amide bonds. The number of nitrogens with two attached hydrogens (primary N) is 1. The van der Waals surface area contributed by atoms with Crippen LogP contribution in [0.3, 0.4) is 0 Å². The molecule has 0 saturated carbocycles. The van der Waals surface area contributed by atoms with Gasteiger partial charge in [-0.05, 0) is 17.5 Å². The molecule has 0 unspecified atom stereocenters. The molecule has 3 N–H and O–H groups in total. The number of amides is 3. The van der Waals surface area contributed by atoms with Crippen LogP contribution in [0.5, 0.6) is 0 Å². The molecular formula is C28H27ClN4O2S. The molecule has 0 bridgehead atoms. The molecular weight excluding hydrogens is 492 g/mol. The Morgan fingerprint density at radius 2 is 1.44 bits per heavy atom. The predicted octanol–water partition coefficient (Wildman–Crippen LogP) is 6.40. The van der Waals surface area contributed by atoms with Crippen molar-refractivity contribution < 1.29 is 9.59 Å². The van der Waals surface area contributed by atoms with Crippen LogP contribution in [-0.2, 0) is 4.79 Å². The number of thiazole rings is 1. The maximum absolute atomic E-state index is 13.3. The van der Waals surface area contributed by atoms with Gasteiger partial charge >= 0.3 is 6.03 Å². The van der Waals surface area contributed by atoms with Gasteiger partial charge in [0.05, 0.1) is 0 Å². The Hall–Kier alpha value is -3.68. The van der Waals surface area contributed by atoms with Gasteiger partial charge in [-0.3, -0.25) is 10.1 Å². The number of halogens is 1. The van der Waals surface area contributed by atoms with Crippen LogP contribution < -0.4 is 11.1 Å². The molecule has 0 spiro atoms. The van der Waals surface area contributed by atoms with Gasteiger partial charge in [0.15, 0.2) is 5.13 Å². The number of hydrogen-bond acceptors (Lipinski definition) is 4. The largest absolute Gasteiger partial charge is 0.370 e. The number of aromatic nitrogens is 1. The lowest BCUT2D eigenvalue weighted by atomic mass is 9.88. The molecule has 4 aromatic rings. The van der Waals surface area contributed by atoms with E-state index < -0.39 is 5.91 Å². The molecule has 0 aliphatic carbocycles. The molecule has 3 aromatic carbocycles. The van der Waals surface area contributed by atoms with Crippen LogP contribution in [0.15, 0.2) is 91.0 Å². The fourth-order valence-electron chi connectivity index (χ4n) is 4.04. The number of nitrogens with zero attached hydrogens (tertiary/aromatic N) is 2. The van der Waals surface area contributed by atoms with Crippen LogP contribution in [-0.4, -0.2) is 34.9 Å². The van der Waals surface area contributed by atoms with E-state index in [0.29, 0.717) is 28.1 Å². The first-order chi connectivity index (χ1) is 17.5. The Kier molecular flexibility index (Phi) is 8.71. The zero-order chi connectivity index (χ0) is 25.3. The summed E-state index contributed by atoms with van der Waals surface area (Å²) in [6.45, 7) is 0.639. The maximum atomic E-state index is 13.3. The third kappa shape index (κ3) is 6.71. The third-order valence-corrected chi connectivity index (χ3v) is 7.02. The summed E-state index contributed by atoms with van der Waals surface area (Å²) in [5, 5.41) is 3.26. The van der Waals surface area contributed by atoms with Crippen molar-refractivity contribution in [3.05, 3.63) is 106 Å². The van der Waals surface area contributed by atoms with Crippen molar-refractivity contribution in [3.8, 4) is 11.3 Å². The van der Waals surface area contributed by atoms with Crippen molar-refractivity contribution in [2.24, 2.45) is 5.73 Å². The first kappa shape index (κ1) is 25.4. The second-order valence-electron chi connectivity index (χ2n) is 8.30. The number of nitrogens with one attached hydrogen (secondary N) is 1. The van der Waals surface area contributed by atoms with Crippen LogP contribution in [0.4, 0.5) is 9.93 Å². The molecule has 1 heterocycles. The maximum Gasteiger partial charge on any atom is 0.323 e. The lowest BCUT2D eigenvalue weighted by Gasteiger charge is -2.25. The normalized spacial score (nSPS) is 10.8. The highest BCUT2D eigenvalue weighted by molar-refractivity contribution is 7.20. The molecule has 0 aliphatic rings. The second-order valence-corrected chi connectivity index (χ2v) is 9.90. The molecule has 0 atom stereocenters. The average molecular weight is 519 g/mol. The highest BCUT2D eigenvalue weighted by Crippen LogP contribution is 2.35. The van der Waals surface area contributed by atoms with Crippen molar-refractivity contribution in [2.45, 2.75) is 18.8 Å². The highest BCUT2D eigenvalue weighted by Gasteiger charge is 2.21. The van der Waals surface area contributed by atoms with Crippen LogP contribution in [0.25, 0.3) is 11.3 Å². The summed E-state index contributed by atoms with van der Waals surface area (Å²) < 4.78 is 0.494. The molecule has 6 nitrogen and oxygen atoms in total. The van der Waals surface area contributed by atoms with Gasteiger partial charge in [0.1, 0.15) is 10.0 Å². The van der Waals surface area contributed by atoms with E-state index in [9.17, 15) is 9.59 Å². The number of carbonyl (C=O) groups is 2. The fraction of sp³-hybridized carbons (Fsp3) is 0.179. The van der Waals surface area contributed by atoms with Gasteiger partial charge in [-0.15, -0.1) is 0 Å². The first-order valence-corrected chi connectivity index (χ1v) is 12.9. The second kappa shape index (κ2) is 12.3. The zero-order valence-electron chi connectivity index (χ0n) is 19.6. The van der Waals surface area contributed by atoms with Crippen LogP contribution in [0, 0.1) is 0 Å². The van der Waals surface area contributed by atoms with Crippen LogP contribution >= 0.6 is 22.9 Å². The number of hydrogen-bond donors (Lipinski definition) is 2. The van der Waals surface area contributed by atoms with E-state index in [0.717, 1.165) is 16.7 Å². The quantitative estimate of drug-likeness (QED) is 0.255. The minimum absolute atomic E-state index is 0.0721. The van der Waals surface area contributed by atoms with Gasteiger partial charge in [-0.2, -0.15) is 0 Å². The lowest BCUT2D eigenvalue weighted by molar-refractivity contribution is -0.118. The Labute approximate surface area is 219 Å². The van der Waals surface area contributed by atoms with Crippen molar-refractivity contribution in [1.82, 2.24) is 9.88 Å². The molecule has 0 saturated heterocycles. The monoisotopic (exact) mass is 518 g/mol. The van der Waals surface area contributed by atoms with Gasteiger partial charge in [-0.1, -0.05) is 114 Å². The van der Waals surface area contributed by atoms with E-state index in [4.69, 9.17) is 17.3 Å². The average Bonchev–Trinajstić information content (AvgIpc) is 3.27. The van der Waals surface area contributed by atoms with Gasteiger partial charge in [0.2, 0.25) is 5.91 Å². The molecule has 0 radical (unpaired) electrons. The number of carbonyl (C=O) groups excluding carboxylic acids is 2. The Morgan fingerprint density at radius 1 is 0.889 bits per heavy atom. The molecule has 36 heavy (non-hydrogen) atoms. The predicted molar refractivity (Wildman–Crippen MR) is 146 cm³/mol. The Bertz CT molecular complexity index is 1240. The molecule has 1 aromatic heterocycles. The first-order valence-electron chi connectivity index (χ1n) is 11.7. The van der Waals surface area contributed by atoms with Crippen LogP contribution in [0.1, 0.15) is 29.9 Å². The van der Waals surface area contributed by atoms with Crippen LogP contribution in [0.2, 0.25) is 4.34 Å².